The molecule has 1 aromatic rings. The van der Waals surface area contributed by atoms with Crippen LogP contribution in [0.15, 0.2) is 18.2 Å². The molecule has 1 aliphatic carbocycles. The normalized spacial score (nSPS) is 22.7. The highest BCUT2D eigenvalue weighted by Crippen LogP contribution is 2.44. The predicted molar refractivity (Wildman–Crippen MR) is 91.8 cm³/mol. The fourth-order valence-electron chi connectivity index (χ4n) is 3.72. The van der Waals surface area contributed by atoms with Gasteiger partial charge in [-0.05, 0) is 48.8 Å². The van der Waals surface area contributed by atoms with Crippen LogP contribution in [0.1, 0.15) is 24.8 Å². The highest BCUT2D eigenvalue weighted by molar-refractivity contribution is 5.79. The summed E-state index contributed by atoms with van der Waals surface area (Å²) in [4.78, 5) is 25.8. The fraction of sp³-hybridized carbons (Fsp3) is 0.579. The maximum atomic E-state index is 12.6. The van der Waals surface area contributed by atoms with Gasteiger partial charge in [0.05, 0.1) is 20.1 Å². The average molecular weight is 347 g/mol. The van der Waals surface area contributed by atoms with Gasteiger partial charge in [0.25, 0.3) is 0 Å². The van der Waals surface area contributed by atoms with Crippen molar-refractivity contribution in [2.24, 2.45) is 17.8 Å². The van der Waals surface area contributed by atoms with Crippen molar-refractivity contribution in [1.29, 1.82) is 0 Å². The molecular weight excluding hydrogens is 322 g/mol. The van der Waals surface area contributed by atoms with Gasteiger partial charge in [-0.15, -0.1) is 0 Å². The van der Waals surface area contributed by atoms with E-state index in [1.807, 2.05) is 12.1 Å². The van der Waals surface area contributed by atoms with Crippen molar-refractivity contribution in [3.63, 3.8) is 0 Å². The minimum atomic E-state index is -0.773. The zero-order valence-corrected chi connectivity index (χ0v) is 14.7. The van der Waals surface area contributed by atoms with E-state index in [1.54, 1.807) is 25.2 Å². The Hall–Kier alpha value is -2.24. The van der Waals surface area contributed by atoms with Crippen LogP contribution in [0.3, 0.4) is 0 Å². The van der Waals surface area contributed by atoms with Crippen molar-refractivity contribution >= 4 is 11.9 Å². The lowest BCUT2D eigenvalue weighted by Gasteiger charge is -2.16. The first kappa shape index (κ1) is 17.6. The molecule has 0 unspecified atom stereocenters. The molecule has 2 aliphatic rings. The molecule has 6 nitrogen and oxygen atoms in total. The Morgan fingerprint density at radius 2 is 1.76 bits per heavy atom. The average Bonchev–Trinajstić information content (AvgIpc) is 3.36. The molecule has 1 N–H and O–H groups in total. The fourth-order valence-corrected chi connectivity index (χ4v) is 3.72. The van der Waals surface area contributed by atoms with E-state index in [0.717, 1.165) is 18.4 Å². The summed E-state index contributed by atoms with van der Waals surface area (Å²) in [5.74, 6) is 0.847. The topological polar surface area (TPSA) is 76.1 Å². The number of carbonyl (C=O) groups is 2. The second kappa shape index (κ2) is 7.33. The summed E-state index contributed by atoms with van der Waals surface area (Å²) < 4.78 is 10.5. The molecule has 0 spiro atoms. The smallest absolute Gasteiger partial charge is 0.308 e. The van der Waals surface area contributed by atoms with Crippen LogP contribution in [-0.2, 0) is 16.0 Å². The van der Waals surface area contributed by atoms with Crippen LogP contribution < -0.4 is 9.47 Å². The number of methoxy groups -OCH3 is 2. The summed E-state index contributed by atoms with van der Waals surface area (Å²) in [6, 6.07) is 5.59. The highest BCUT2D eigenvalue weighted by atomic mass is 16.5. The molecule has 136 valence electrons. The van der Waals surface area contributed by atoms with Crippen molar-refractivity contribution in [2.45, 2.75) is 25.7 Å². The maximum Gasteiger partial charge on any atom is 0.308 e. The van der Waals surface area contributed by atoms with E-state index in [9.17, 15) is 14.7 Å². The SMILES string of the molecule is COc1cc(CCC(=O)N2C[C@H](C(=O)O)[C@@H](C3CC3)C2)cc(OC)c1. The first-order valence-electron chi connectivity index (χ1n) is 8.74. The van der Waals surface area contributed by atoms with E-state index in [-0.39, 0.29) is 11.8 Å². The Bertz CT molecular complexity index is 633. The van der Waals surface area contributed by atoms with Gasteiger partial charge in [0.15, 0.2) is 0 Å². The van der Waals surface area contributed by atoms with Crippen LogP contribution in [0, 0.1) is 17.8 Å². The number of aliphatic carboxylic acids is 1. The molecule has 3 rings (SSSR count). The van der Waals surface area contributed by atoms with Gasteiger partial charge in [-0.3, -0.25) is 9.59 Å². The maximum absolute atomic E-state index is 12.6. The van der Waals surface area contributed by atoms with Crippen molar-refractivity contribution in [3.05, 3.63) is 23.8 Å². The monoisotopic (exact) mass is 347 g/mol. The molecule has 25 heavy (non-hydrogen) atoms. The van der Waals surface area contributed by atoms with Crippen molar-refractivity contribution in [3.8, 4) is 11.5 Å². The van der Waals surface area contributed by atoms with E-state index in [4.69, 9.17) is 9.47 Å². The summed E-state index contributed by atoms with van der Waals surface area (Å²) in [6.45, 7) is 0.929. The minimum absolute atomic E-state index is 0.0242. The number of carboxylic acids is 1. The number of nitrogens with zero attached hydrogens (tertiary/aromatic N) is 1. The van der Waals surface area contributed by atoms with E-state index in [1.165, 1.54) is 0 Å². The molecule has 1 saturated carbocycles. The van der Waals surface area contributed by atoms with E-state index in [0.29, 0.717) is 43.3 Å². The van der Waals surface area contributed by atoms with Crippen molar-refractivity contribution < 1.29 is 24.2 Å². The third kappa shape index (κ3) is 4.06. The number of carbonyl (C=O) groups excluding carboxylic acids is 1. The zero-order chi connectivity index (χ0) is 18.0. The van der Waals surface area contributed by atoms with Crippen LogP contribution in [0.5, 0.6) is 11.5 Å². The van der Waals surface area contributed by atoms with Gasteiger partial charge in [0.1, 0.15) is 11.5 Å². The quantitative estimate of drug-likeness (QED) is 0.818. The number of benzene rings is 1. The molecule has 1 heterocycles. The third-order valence-corrected chi connectivity index (χ3v) is 5.30. The highest BCUT2D eigenvalue weighted by Gasteiger charge is 2.46. The second-order valence-electron chi connectivity index (χ2n) is 6.97. The summed E-state index contributed by atoms with van der Waals surface area (Å²) in [6.07, 6.45) is 3.13. The number of hydrogen-bond acceptors (Lipinski definition) is 4. The summed E-state index contributed by atoms with van der Waals surface area (Å²) in [5.41, 5.74) is 0.970. The Labute approximate surface area is 147 Å². The molecule has 0 aromatic heterocycles. The number of hydrogen-bond donors (Lipinski definition) is 1. The largest absolute Gasteiger partial charge is 0.497 e. The molecule has 1 aliphatic heterocycles. The van der Waals surface area contributed by atoms with Crippen LogP contribution in [0.4, 0.5) is 0 Å². The predicted octanol–water partition coefficient (Wildman–Crippen LogP) is 2.21. The van der Waals surface area contributed by atoms with Crippen LogP contribution in [0.2, 0.25) is 0 Å². The van der Waals surface area contributed by atoms with Crippen molar-refractivity contribution in [1.82, 2.24) is 4.90 Å². The summed E-state index contributed by atoms with van der Waals surface area (Å²) in [7, 11) is 3.19. The van der Waals surface area contributed by atoms with Gasteiger partial charge in [0, 0.05) is 25.6 Å². The van der Waals surface area contributed by atoms with Gasteiger partial charge in [-0.25, -0.2) is 0 Å². The summed E-state index contributed by atoms with van der Waals surface area (Å²) in [5, 5.41) is 9.42. The van der Waals surface area contributed by atoms with Gasteiger partial charge in [0.2, 0.25) is 5.91 Å². The lowest BCUT2D eigenvalue weighted by atomic mass is 9.92. The number of ether oxygens (including phenoxy) is 2. The molecular formula is C19H25NO5. The zero-order valence-electron chi connectivity index (χ0n) is 14.7. The Kier molecular flexibility index (Phi) is 5.16. The van der Waals surface area contributed by atoms with Crippen molar-refractivity contribution in [2.75, 3.05) is 27.3 Å². The van der Waals surface area contributed by atoms with Crippen LogP contribution in [-0.4, -0.2) is 49.2 Å². The van der Waals surface area contributed by atoms with E-state index in [2.05, 4.69) is 0 Å². The number of amides is 1. The third-order valence-electron chi connectivity index (χ3n) is 5.30. The molecule has 1 saturated heterocycles. The standard InChI is InChI=1S/C19H25NO5/c1-24-14-7-12(8-15(9-14)25-2)3-6-18(21)20-10-16(13-4-5-13)17(11-20)19(22)23/h7-9,13,16-17H,3-6,10-11H2,1-2H3,(H,22,23)/t16-,17+/m1/s1. The Morgan fingerprint density at radius 3 is 2.28 bits per heavy atom. The molecule has 2 fully saturated rings. The van der Waals surface area contributed by atoms with Crippen LogP contribution in [0.25, 0.3) is 0 Å². The van der Waals surface area contributed by atoms with E-state index >= 15 is 0 Å². The number of aryl methyl sites for hydroxylation is 1. The minimum Gasteiger partial charge on any atom is -0.497 e. The number of likely N-dealkylation sites (tertiary alicyclic amines) is 1. The lowest BCUT2D eigenvalue weighted by Crippen LogP contribution is -2.30. The van der Waals surface area contributed by atoms with Gasteiger partial charge >= 0.3 is 5.97 Å². The molecule has 2 atom stereocenters. The molecule has 1 amide bonds. The first-order chi connectivity index (χ1) is 12.0. The molecule has 6 heteroatoms. The summed E-state index contributed by atoms with van der Waals surface area (Å²) >= 11 is 0. The Balaban J connectivity index is 1.60. The number of rotatable bonds is 7. The first-order valence-corrected chi connectivity index (χ1v) is 8.74. The van der Waals surface area contributed by atoms with Gasteiger partial charge < -0.3 is 19.5 Å². The second-order valence-corrected chi connectivity index (χ2v) is 6.97. The lowest BCUT2D eigenvalue weighted by molar-refractivity contribution is -0.142. The molecule has 0 bridgehead atoms. The van der Waals surface area contributed by atoms with Gasteiger partial charge in [-0.1, -0.05) is 0 Å². The van der Waals surface area contributed by atoms with Crippen LogP contribution >= 0.6 is 0 Å². The molecule has 0 radical (unpaired) electrons. The number of carboxylic acid groups (broad SMARTS) is 1. The van der Waals surface area contributed by atoms with E-state index < -0.39 is 11.9 Å². The molecule has 1 aromatic carbocycles. The Morgan fingerprint density at radius 1 is 1.12 bits per heavy atom. The van der Waals surface area contributed by atoms with Gasteiger partial charge in [-0.2, -0.15) is 0 Å².